The van der Waals surface area contributed by atoms with E-state index in [9.17, 15) is 18.6 Å². The van der Waals surface area contributed by atoms with Crippen molar-refractivity contribution in [2.45, 2.75) is 9.79 Å². The van der Waals surface area contributed by atoms with Gasteiger partial charge in [0, 0.05) is 52.0 Å². The lowest BCUT2D eigenvalue weighted by atomic mass is 10.2. The third-order valence-electron chi connectivity index (χ3n) is 6.04. The monoisotopic (exact) mass is 542 g/mol. The highest BCUT2D eigenvalue weighted by molar-refractivity contribution is 7.91. The summed E-state index contributed by atoms with van der Waals surface area (Å²) in [6, 6.07) is 23.1. The minimum atomic E-state index is -3.99. The van der Waals surface area contributed by atoms with Crippen molar-refractivity contribution in [2.75, 3.05) is 38.0 Å². The number of phenols is 2. The normalized spacial score (nSPS) is 11.8. The first-order valence-corrected chi connectivity index (χ1v) is 13.6. The molecule has 0 saturated heterocycles. The van der Waals surface area contributed by atoms with Crippen molar-refractivity contribution in [1.29, 1.82) is 0 Å². The number of rotatable bonds is 8. The van der Waals surface area contributed by atoms with Crippen LogP contribution in [0.2, 0.25) is 0 Å². The molecule has 0 bridgehead atoms. The van der Waals surface area contributed by atoms with Crippen LogP contribution in [0.4, 0.5) is 22.7 Å². The van der Waals surface area contributed by atoms with Gasteiger partial charge in [-0.2, -0.15) is 0 Å². The summed E-state index contributed by atoms with van der Waals surface area (Å²) in [5.41, 5.74) is 3.89. The highest BCUT2D eigenvalue weighted by Gasteiger charge is 2.20. The molecule has 4 aromatic carbocycles. The summed E-state index contributed by atoms with van der Waals surface area (Å²) in [5.74, 6) is -0.294. The maximum atomic E-state index is 13.4. The van der Waals surface area contributed by atoms with E-state index in [1.807, 2.05) is 86.5 Å². The molecular formula is C30H30N4O4S. The van der Waals surface area contributed by atoms with E-state index >= 15 is 0 Å². The molecule has 8 nitrogen and oxygen atoms in total. The molecule has 0 saturated carbocycles. The summed E-state index contributed by atoms with van der Waals surface area (Å²) >= 11 is 0. The molecular weight excluding hydrogens is 512 g/mol. The number of anilines is 2. The van der Waals surface area contributed by atoms with Gasteiger partial charge in [-0.25, -0.2) is 8.42 Å². The van der Waals surface area contributed by atoms with E-state index in [1.54, 1.807) is 12.4 Å². The maximum absolute atomic E-state index is 13.4. The molecule has 0 heterocycles. The van der Waals surface area contributed by atoms with E-state index in [0.29, 0.717) is 0 Å². The van der Waals surface area contributed by atoms with Gasteiger partial charge in [0.05, 0.1) is 9.79 Å². The number of benzene rings is 4. The van der Waals surface area contributed by atoms with Crippen molar-refractivity contribution in [1.82, 2.24) is 0 Å². The van der Waals surface area contributed by atoms with Gasteiger partial charge >= 0.3 is 0 Å². The third kappa shape index (κ3) is 6.45. The van der Waals surface area contributed by atoms with Crippen molar-refractivity contribution in [3.63, 3.8) is 0 Å². The highest BCUT2D eigenvalue weighted by Crippen LogP contribution is 2.35. The van der Waals surface area contributed by atoms with Gasteiger partial charge in [-0.05, 0) is 71.8 Å². The third-order valence-corrected chi connectivity index (χ3v) is 7.79. The summed E-state index contributed by atoms with van der Waals surface area (Å²) in [7, 11) is 3.79. The van der Waals surface area contributed by atoms with Gasteiger partial charge in [-0.1, -0.05) is 24.3 Å². The highest BCUT2D eigenvalue weighted by atomic mass is 32.2. The van der Waals surface area contributed by atoms with E-state index in [2.05, 4.69) is 9.98 Å². The number of hydrogen-bond donors (Lipinski definition) is 2. The quantitative estimate of drug-likeness (QED) is 0.282. The predicted octanol–water partition coefficient (Wildman–Crippen LogP) is 5.56. The van der Waals surface area contributed by atoms with Crippen molar-refractivity contribution < 1.29 is 18.6 Å². The topological polar surface area (TPSA) is 106 Å². The van der Waals surface area contributed by atoms with Crippen LogP contribution in [0.15, 0.2) is 105 Å². The molecule has 0 aliphatic carbocycles. The molecule has 0 atom stereocenters. The minimum Gasteiger partial charge on any atom is -0.506 e. The minimum absolute atomic E-state index is 0.0460. The van der Waals surface area contributed by atoms with E-state index in [0.717, 1.165) is 22.5 Å². The Labute approximate surface area is 228 Å². The zero-order chi connectivity index (χ0) is 28.2. The molecule has 0 radical (unpaired) electrons. The Morgan fingerprint density at radius 3 is 1.28 bits per heavy atom. The molecule has 0 spiro atoms. The Morgan fingerprint density at radius 1 is 0.590 bits per heavy atom. The number of aromatic hydroxyl groups is 2. The molecule has 0 unspecified atom stereocenters. The van der Waals surface area contributed by atoms with E-state index < -0.39 is 9.84 Å². The van der Waals surface area contributed by atoms with Crippen LogP contribution in [0, 0.1) is 0 Å². The fraction of sp³-hybridized carbons (Fsp3) is 0.133. The van der Waals surface area contributed by atoms with Crippen LogP contribution in [-0.4, -0.2) is 59.3 Å². The second kappa shape index (κ2) is 11.4. The summed E-state index contributed by atoms with van der Waals surface area (Å²) in [6.07, 6.45) is 3.12. The summed E-state index contributed by atoms with van der Waals surface area (Å²) < 4.78 is 26.9. The standard InChI is InChI=1S/C30H30N4O4S/c1-33(2)23-9-5-21(6-10-23)19-31-27-17-25(13-15-29(27)35)39(37,38)26-14-16-30(36)28(18-26)32-20-22-7-11-24(12-8-22)34(3)4/h5-20,35-36H,1-4H3. The summed E-state index contributed by atoms with van der Waals surface area (Å²) in [4.78, 5) is 12.5. The molecule has 0 aromatic heterocycles. The molecule has 200 valence electrons. The zero-order valence-corrected chi connectivity index (χ0v) is 23.0. The smallest absolute Gasteiger partial charge is 0.206 e. The van der Waals surface area contributed by atoms with Gasteiger partial charge in [-0.3, -0.25) is 9.98 Å². The first-order chi connectivity index (χ1) is 18.5. The molecule has 0 amide bonds. The van der Waals surface area contributed by atoms with Gasteiger partial charge in [0.25, 0.3) is 0 Å². The van der Waals surface area contributed by atoms with Crippen LogP contribution in [-0.2, 0) is 9.84 Å². The van der Waals surface area contributed by atoms with Crippen molar-refractivity contribution in [2.24, 2.45) is 9.98 Å². The Kier molecular flexibility index (Phi) is 8.01. The van der Waals surface area contributed by atoms with Crippen LogP contribution < -0.4 is 9.80 Å². The van der Waals surface area contributed by atoms with E-state index in [-0.39, 0.29) is 32.7 Å². The van der Waals surface area contributed by atoms with E-state index in [1.165, 1.54) is 36.4 Å². The van der Waals surface area contributed by atoms with Crippen LogP contribution in [0.5, 0.6) is 11.5 Å². The van der Waals surface area contributed by atoms with Crippen molar-refractivity contribution in [3.05, 3.63) is 96.1 Å². The fourth-order valence-corrected chi connectivity index (χ4v) is 4.99. The molecule has 4 rings (SSSR count). The SMILES string of the molecule is CN(C)c1ccc(C=Nc2cc(S(=O)(=O)c3ccc(O)c(N=Cc4ccc(N(C)C)cc4)c3)ccc2O)cc1. The van der Waals surface area contributed by atoms with Gasteiger partial charge < -0.3 is 20.0 Å². The molecule has 2 N–H and O–H groups in total. The molecule has 0 aliphatic heterocycles. The van der Waals surface area contributed by atoms with Gasteiger partial charge in [0.2, 0.25) is 9.84 Å². The second-order valence-electron chi connectivity index (χ2n) is 9.29. The molecule has 39 heavy (non-hydrogen) atoms. The average molecular weight is 543 g/mol. The Balaban J connectivity index is 1.60. The first kappa shape index (κ1) is 27.4. The summed E-state index contributed by atoms with van der Waals surface area (Å²) in [6.45, 7) is 0. The number of sulfone groups is 1. The van der Waals surface area contributed by atoms with Crippen LogP contribution in [0.25, 0.3) is 0 Å². The largest absolute Gasteiger partial charge is 0.506 e. The zero-order valence-electron chi connectivity index (χ0n) is 22.1. The van der Waals surface area contributed by atoms with Crippen molar-refractivity contribution >= 4 is 45.0 Å². The molecule has 0 aliphatic rings. The second-order valence-corrected chi connectivity index (χ2v) is 11.2. The molecule has 0 fully saturated rings. The first-order valence-electron chi connectivity index (χ1n) is 12.1. The van der Waals surface area contributed by atoms with Gasteiger partial charge in [-0.15, -0.1) is 0 Å². The van der Waals surface area contributed by atoms with Gasteiger partial charge in [0.15, 0.2) is 0 Å². The lowest BCUT2D eigenvalue weighted by Gasteiger charge is -2.11. The van der Waals surface area contributed by atoms with E-state index in [4.69, 9.17) is 0 Å². The lowest BCUT2D eigenvalue weighted by Crippen LogP contribution is -2.08. The Bertz CT molecular complexity index is 1510. The lowest BCUT2D eigenvalue weighted by molar-refractivity contribution is 0.476. The molecule has 9 heteroatoms. The fourth-order valence-electron chi connectivity index (χ4n) is 3.69. The van der Waals surface area contributed by atoms with Crippen LogP contribution in [0.1, 0.15) is 11.1 Å². The number of nitrogens with zero attached hydrogens (tertiary/aromatic N) is 4. The summed E-state index contributed by atoms with van der Waals surface area (Å²) in [5, 5.41) is 20.6. The molecule has 4 aromatic rings. The number of aliphatic imine (C=N–C) groups is 2. The predicted molar refractivity (Wildman–Crippen MR) is 158 cm³/mol. The Hall–Kier alpha value is -4.63. The maximum Gasteiger partial charge on any atom is 0.206 e. The van der Waals surface area contributed by atoms with Crippen molar-refractivity contribution in [3.8, 4) is 11.5 Å². The Morgan fingerprint density at radius 2 is 0.949 bits per heavy atom. The number of hydrogen-bond acceptors (Lipinski definition) is 8. The van der Waals surface area contributed by atoms with Crippen LogP contribution >= 0.6 is 0 Å². The van der Waals surface area contributed by atoms with Gasteiger partial charge in [0.1, 0.15) is 22.9 Å². The number of phenolic OH excluding ortho intramolecular Hbond substituents is 2. The van der Waals surface area contributed by atoms with Crippen LogP contribution in [0.3, 0.4) is 0 Å². The average Bonchev–Trinajstić information content (AvgIpc) is 2.92.